The standard InChI is InChI=1S/C21H18N6O2/c22-18-20(24-10-13-6-7-16-17(9-13)29-12-28-16)25-11-26-21(18)27-15-5-1-3-14-4-2-8-23-19(14)15/h1-9,11H,10,12,22H2,(H2,24,25,26,27). The van der Waals surface area contributed by atoms with E-state index in [1.165, 1.54) is 6.33 Å². The highest BCUT2D eigenvalue weighted by Crippen LogP contribution is 2.33. The Morgan fingerprint density at radius 2 is 1.79 bits per heavy atom. The Morgan fingerprint density at radius 1 is 0.931 bits per heavy atom. The monoisotopic (exact) mass is 386 g/mol. The predicted octanol–water partition coefficient (Wildman–Crippen LogP) is 3.69. The smallest absolute Gasteiger partial charge is 0.231 e. The van der Waals surface area contributed by atoms with Crippen molar-refractivity contribution in [3.05, 3.63) is 66.6 Å². The molecule has 0 aliphatic carbocycles. The summed E-state index contributed by atoms with van der Waals surface area (Å²) in [4.78, 5) is 13.0. The third kappa shape index (κ3) is 3.31. The molecule has 0 atom stereocenters. The van der Waals surface area contributed by atoms with Gasteiger partial charge in [-0.25, -0.2) is 9.97 Å². The van der Waals surface area contributed by atoms with Gasteiger partial charge in [0, 0.05) is 18.1 Å². The molecule has 2 aromatic carbocycles. The Bertz CT molecular complexity index is 1190. The van der Waals surface area contributed by atoms with Crippen LogP contribution in [0.5, 0.6) is 11.5 Å². The molecular formula is C21H18N6O2. The molecule has 8 heteroatoms. The normalized spacial score (nSPS) is 12.1. The summed E-state index contributed by atoms with van der Waals surface area (Å²) in [5, 5.41) is 7.56. The lowest BCUT2D eigenvalue weighted by Gasteiger charge is -2.13. The molecule has 0 unspecified atom stereocenters. The average molecular weight is 386 g/mol. The van der Waals surface area contributed by atoms with Crippen LogP contribution in [-0.4, -0.2) is 21.7 Å². The van der Waals surface area contributed by atoms with Crippen molar-refractivity contribution in [3.63, 3.8) is 0 Å². The fraction of sp³-hybridized carbons (Fsp3) is 0.0952. The molecule has 0 radical (unpaired) electrons. The summed E-state index contributed by atoms with van der Waals surface area (Å²) < 4.78 is 10.8. The van der Waals surface area contributed by atoms with Crippen molar-refractivity contribution in [2.45, 2.75) is 6.54 Å². The summed E-state index contributed by atoms with van der Waals surface area (Å²) in [6.07, 6.45) is 3.23. The second-order valence-corrected chi connectivity index (χ2v) is 6.53. The number of nitrogens with two attached hydrogens (primary N) is 1. The summed E-state index contributed by atoms with van der Waals surface area (Å²) in [5.41, 5.74) is 9.45. The van der Waals surface area contributed by atoms with E-state index in [0.717, 1.165) is 33.7 Å². The summed E-state index contributed by atoms with van der Waals surface area (Å²) in [6, 6.07) is 15.6. The molecule has 0 spiro atoms. The van der Waals surface area contributed by atoms with Crippen molar-refractivity contribution < 1.29 is 9.47 Å². The Kier molecular flexibility index (Phi) is 4.21. The van der Waals surface area contributed by atoms with E-state index in [2.05, 4.69) is 25.6 Å². The van der Waals surface area contributed by atoms with Gasteiger partial charge in [-0.05, 0) is 29.8 Å². The topological polar surface area (TPSA) is 107 Å². The van der Waals surface area contributed by atoms with Crippen LogP contribution >= 0.6 is 0 Å². The fourth-order valence-corrected chi connectivity index (χ4v) is 3.21. The van der Waals surface area contributed by atoms with Crippen LogP contribution in [0.4, 0.5) is 23.0 Å². The fourth-order valence-electron chi connectivity index (χ4n) is 3.21. The molecular weight excluding hydrogens is 368 g/mol. The number of nitrogens with one attached hydrogen (secondary N) is 2. The first-order valence-corrected chi connectivity index (χ1v) is 9.11. The molecule has 1 aliphatic rings. The van der Waals surface area contributed by atoms with Gasteiger partial charge in [0.2, 0.25) is 6.79 Å². The Balaban J connectivity index is 1.37. The maximum absolute atomic E-state index is 6.31. The number of nitrogens with zero attached hydrogens (tertiary/aromatic N) is 3. The Labute approximate surface area is 166 Å². The number of para-hydroxylation sites is 1. The molecule has 8 nitrogen and oxygen atoms in total. The molecule has 4 N–H and O–H groups in total. The molecule has 1 aliphatic heterocycles. The molecule has 5 rings (SSSR count). The van der Waals surface area contributed by atoms with Gasteiger partial charge in [-0.15, -0.1) is 0 Å². The minimum Gasteiger partial charge on any atom is -0.454 e. The third-order valence-electron chi connectivity index (χ3n) is 4.67. The third-order valence-corrected chi connectivity index (χ3v) is 4.67. The highest BCUT2D eigenvalue weighted by molar-refractivity contribution is 5.93. The number of benzene rings is 2. The van der Waals surface area contributed by atoms with Crippen molar-refractivity contribution in [1.29, 1.82) is 0 Å². The molecule has 144 valence electrons. The van der Waals surface area contributed by atoms with Crippen molar-refractivity contribution >= 4 is 33.9 Å². The quantitative estimate of drug-likeness (QED) is 0.477. The maximum atomic E-state index is 6.31. The second kappa shape index (κ2) is 7.16. The van der Waals surface area contributed by atoms with Gasteiger partial charge in [-0.2, -0.15) is 0 Å². The number of hydrogen-bond acceptors (Lipinski definition) is 8. The summed E-state index contributed by atoms with van der Waals surface area (Å²) in [7, 11) is 0. The van der Waals surface area contributed by atoms with Crippen LogP contribution in [0.3, 0.4) is 0 Å². The van der Waals surface area contributed by atoms with Crippen LogP contribution in [0.1, 0.15) is 5.56 Å². The number of hydrogen-bond donors (Lipinski definition) is 3. The Hall–Kier alpha value is -4.07. The predicted molar refractivity (Wildman–Crippen MR) is 111 cm³/mol. The zero-order valence-electron chi connectivity index (χ0n) is 15.4. The van der Waals surface area contributed by atoms with Crippen molar-refractivity contribution in [1.82, 2.24) is 15.0 Å². The average Bonchev–Trinajstić information content (AvgIpc) is 3.22. The van der Waals surface area contributed by atoms with E-state index in [9.17, 15) is 0 Å². The van der Waals surface area contributed by atoms with Crippen LogP contribution in [-0.2, 0) is 6.54 Å². The zero-order chi connectivity index (χ0) is 19.6. The molecule has 0 saturated carbocycles. The van der Waals surface area contributed by atoms with E-state index in [1.807, 2.05) is 48.5 Å². The number of fused-ring (bicyclic) bond motifs is 2. The summed E-state index contributed by atoms with van der Waals surface area (Å²) in [6.45, 7) is 0.788. The van der Waals surface area contributed by atoms with Crippen LogP contribution in [0.15, 0.2) is 61.1 Å². The number of nitrogen functional groups attached to an aromatic ring is 1. The van der Waals surface area contributed by atoms with Gasteiger partial charge in [0.25, 0.3) is 0 Å². The molecule has 3 heterocycles. The maximum Gasteiger partial charge on any atom is 0.231 e. The Morgan fingerprint density at radius 3 is 2.76 bits per heavy atom. The largest absolute Gasteiger partial charge is 0.454 e. The molecule has 2 aromatic heterocycles. The highest BCUT2D eigenvalue weighted by Gasteiger charge is 2.14. The van der Waals surface area contributed by atoms with Gasteiger partial charge in [-0.1, -0.05) is 24.3 Å². The lowest BCUT2D eigenvalue weighted by atomic mass is 10.2. The van der Waals surface area contributed by atoms with Crippen LogP contribution in [0.2, 0.25) is 0 Å². The molecule has 0 fully saturated rings. The minimum atomic E-state index is 0.253. The molecule has 0 amide bonds. The van der Waals surface area contributed by atoms with E-state index < -0.39 is 0 Å². The first-order chi connectivity index (χ1) is 14.3. The lowest BCUT2D eigenvalue weighted by Crippen LogP contribution is -2.08. The minimum absolute atomic E-state index is 0.253. The summed E-state index contributed by atoms with van der Waals surface area (Å²) in [5.74, 6) is 2.57. The number of anilines is 4. The van der Waals surface area contributed by atoms with Gasteiger partial charge in [0.05, 0.1) is 11.2 Å². The van der Waals surface area contributed by atoms with E-state index in [1.54, 1.807) is 6.20 Å². The van der Waals surface area contributed by atoms with Gasteiger partial charge in [0.1, 0.15) is 12.0 Å². The molecule has 4 aromatic rings. The van der Waals surface area contributed by atoms with Crippen LogP contribution < -0.4 is 25.8 Å². The molecule has 0 bridgehead atoms. The SMILES string of the molecule is Nc1c(NCc2ccc3c(c2)OCO3)ncnc1Nc1cccc2cccnc12. The molecule has 0 saturated heterocycles. The van der Waals surface area contributed by atoms with Crippen molar-refractivity contribution in [2.24, 2.45) is 0 Å². The molecule has 29 heavy (non-hydrogen) atoms. The number of rotatable bonds is 5. The van der Waals surface area contributed by atoms with E-state index in [-0.39, 0.29) is 6.79 Å². The van der Waals surface area contributed by atoms with Crippen LogP contribution in [0.25, 0.3) is 10.9 Å². The van der Waals surface area contributed by atoms with Gasteiger partial charge >= 0.3 is 0 Å². The zero-order valence-corrected chi connectivity index (χ0v) is 15.4. The highest BCUT2D eigenvalue weighted by atomic mass is 16.7. The number of aromatic nitrogens is 3. The van der Waals surface area contributed by atoms with E-state index >= 15 is 0 Å². The second-order valence-electron chi connectivity index (χ2n) is 6.53. The van der Waals surface area contributed by atoms with E-state index in [0.29, 0.717) is 23.9 Å². The first kappa shape index (κ1) is 17.1. The lowest BCUT2D eigenvalue weighted by molar-refractivity contribution is 0.174. The summed E-state index contributed by atoms with van der Waals surface area (Å²) >= 11 is 0. The van der Waals surface area contributed by atoms with Crippen molar-refractivity contribution in [2.75, 3.05) is 23.2 Å². The number of ether oxygens (including phenoxy) is 2. The van der Waals surface area contributed by atoms with Gasteiger partial charge in [0.15, 0.2) is 23.1 Å². The first-order valence-electron chi connectivity index (χ1n) is 9.11. The number of pyridine rings is 1. The van der Waals surface area contributed by atoms with E-state index in [4.69, 9.17) is 15.2 Å². The van der Waals surface area contributed by atoms with Gasteiger partial charge in [-0.3, -0.25) is 4.98 Å². The van der Waals surface area contributed by atoms with Gasteiger partial charge < -0.3 is 25.8 Å². The van der Waals surface area contributed by atoms with Crippen molar-refractivity contribution in [3.8, 4) is 11.5 Å². The van der Waals surface area contributed by atoms with Crippen LogP contribution in [0, 0.1) is 0 Å².